The molecule has 0 fully saturated rings. The van der Waals surface area contributed by atoms with Crippen molar-refractivity contribution in [1.29, 1.82) is 0 Å². The monoisotopic (exact) mass is 248 g/mol. The summed E-state index contributed by atoms with van der Waals surface area (Å²) in [6.07, 6.45) is -3.60. The van der Waals surface area contributed by atoms with Crippen LogP contribution in [0, 0.1) is 5.92 Å². The highest BCUT2D eigenvalue weighted by molar-refractivity contribution is 5.37. The van der Waals surface area contributed by atoms with Crippen molar-refractivity contribution in [3.63, 3.8) is 0 Å². The molecule has 0 unspecified atom stereocenters. The van der Waals surface area contributed by atoms with E-state index in [1.807, 2.05) is 13.8 Å². The molecule has 2 N–H and O–H groups in total. The Morgan fingerprint density at radius 2 is 2.00 bits per heavy atom. The summed E-state index contributed by atoms with van der Waals surface area (Å²) in [6, 6.07) is 2.00. The summed E-state index contributed by atoms with van der Waals surface area (Å²) in [7, 11) is 0. The third-order valence-electron chi connectivity index (χ3n) is 2.43. The molecule has 0 aliphatic heterocycles. The molecule has 17 heavy (non-hydrogen) atoms. The minimum atomic E-state index is -4.38. The first-order chi connectivity index (χ1) is 7.84. The number of hydrogen-bond acceptors (Lipinski definition) is 3. The van der Waals surface area contributed by atoms with Crippen molar-refractivity contribution >= 4 is 5.82 Å². The molecule has 0 aliphatic rings. The van der Waals surface area contributed by atoms with E-state index in [-0.39, 0.29) is 18.6 Å². The fourth-order valence-corrected chi connectivity index (χ4v) is 1.26. The number of nitrogens with zero attached hydrogens (tertiary/aromatic N) is 1. The van der Waals surface area contributed by atoms with Crippen LogP contribution in [0.2, 0.25) is 0 Å². The van der Waals surface area contributed by atoms with E-state index in [1.54, 1.807) is 0 Å². The second-order valence-corrected chi connectivity index (χ2v) is 4.11. The first-order valence-corrected chi connectivity index (χ1v) is 5.25. The maximum atomic E-state index is 12.3. The Hall–Kier alpha value is -1.30. The van der Waals surface area contributed by atoms with Crippen LogP contribution in [0.5, 0.6) is 0 Å². The number of nitrogens with one attached hydrogen (secondary N) is 1. The molecule has 96 valence electrons. The van der Waals surface area contributed by atoms with Gasteiger partial charge in [0.2, 0.25) is 0 Å². The second kappa shape index (κ2) is 5.35. The van der Waals surface area contributed by atoms with Crippen LogP contribution < -0.4 is 5.32 Å². The van der Waals surface area contributed by atoms with Gasteiger partial charge in [0.15, 0.2) is 0 Å². The van der Waals surface area contributed by atoms with Crippen molar-refractivity contribution in [3.05, 3.63) is 23.9 Å². The number of aliphatic hydroxyl groups excluding tert-OH is 1. The summed E-state index contributed by atoms with van der Waals surface area (Å²) in [4.78, 5) is 3.67. The normalized spacial score (nSPS) is 13.8. The van der Waals surface area contributed by atoms with E-state index >= 15 is 0 Å². The summed E-state index contributed by atoms with van der Waals surface area (Å²) in [6.45, 7) is 3.70. The lowest BCUT2D eigenvalue weighted by Crippen LogP contribution is -2.29. The molecule has 0 bridgehead atoms. The number of rotatable bonds is 4. The molecule has 0 aromatic carbocycles. The Morgan fingerprint density at radius 1 is 1.35 bits per heavy atom. The molecule has 0 spiro atoms. The lowest BCUT2D eigenvalue weighted by molar-refractivity contribution is -0.137. The van der Waals surface area contributed by atoms with Gasteiger partial charge in [-0.05, 0) is 18.1 Å². The number of hydrogen-bond donors (Lipinski definition) is 2. The van der Waals surface area contributed by atoms with Gasteiger partial charge in [-0.15, -0.1) is 0 Å². The van der Waals surface area contributed by atoms with E-state index in [0.29, 0.717) is 5.82 Å². The van der Waals surface area contributed by atoms with E-state index in [0.717, 1.165) is 12.3 Å². The zero-order chi connectivity index (χ0) is 13.1. The van der Waals surface area contributed by atoms with E-state index in [4.69, 9.17) is 5.11 Å². The zero-order valence-corrected chi connectivity index (χ0v) is 9.62. The van der Waals surface area contributed by atoms with Gasteiger partial charge >= 0.3 is 6.18 Å². The molecule has 0 radical (unpaired) electrons. The standard InChI is InChI=1S/C11H15F3N2O/c1-7(2)9(6-17)16-10-4-3-8(5-15-10)11(12,13)14/h3-5,7,9,17H,6H2,1-2H3,(H,15,16)/t9-/m1/s1. The van der Waals surface area contributed by atoms with Crippen LogP contribution in [0.1, 0.15) is 19.4 Å². The third-order valence-corrected chi connectivity index (χ3v) is 2.43. The summed E-state index contributed by atoms with van der Waals surface area (Å²) < 4.78 is 36.8. The summed E-state index contributed by atoms with van der Waals surface area (Å²) >= 11 is 0. The lowest BCUT2D eigenvalue weighted by Gasteiger charge is -2.20. The highest BCUT2D eigenvalue weighted by Crippen LogP contribution is 2.28. The molecule has 1 aromatic heterocycles. The summed E-state index contributed by atoms with van der Waals surface area (Å²) in [5.74, 6) is 0.481. The maximum absolute atomic E-state index is 12.3. The van der Waals surface area contributed by atoms with Crippen LogP contribution in [-0.4, -0.2) is 22.7 Å². The van der Waals surface area contributed by atoms with Crippen molar-refractivity contribution in [2.24, 2.45) is 5.92 Å². The predicted octanol–water partition coefficient (Wildman–Crippen LogP) is 2.53. The van der Waals surface area contributed by atoms with Gasteiger partial charge < -0.3 is 10.4 Å². The number of alkyl halides is 3. The van der Waals surface area contributed by atoms with Crippen molar-refractivity contribution < 1.29 is 18.3 Å². The van der Waals surface area contributed by atoms with E-state index in [1.165, 1.54) is 6.07 Å². The molecule has 1 atom stereocenters. The average Bonchev–Trinajstić information content (AvgIpc) is 2.25. The van der Waals surface area contributed by atoms with Gasteiger partial charge in [-0.3, -0.25) is 0 Å². The van der Waals surface area contributed by atoms with Gasteiger partial charge in [-0.2, -0.15) is 13.2 Å². The number of halogens is 3. The van der Waals surface area contributed by atoms with Crippen molar-refractivity contribution in [3.8, 4) is 0 Å². The zero-order valence-electron chi connectivity index (χ0n) is 9.62. The van der Waals surface area contributed by atoms with Crippen LogP contribution in [0.3, 0.4) is 0 Å². The SMILES string of the molecule is CC(C)[C@@H](CO)Nc1ccc(C(F)(F)F)cn1. The first kappa shape index (κ1) is 13.8. The number of anilines is 1. The van der Waals surface area contributed by atoms with Gasteiger partial charge in [0.05, 0.1) is 18.2 Å². The topological polar surface area (TPSA) is 45.1 Å². The highest BCUT2D eigenvalue weighted by Gasteiger charge is 2.30. The molecular weight excluding hydrogens is 233 g/mol. The van der Waals surface area contributed by atoms with Gasteiger partial charge in [0.1, 0.15) is 5.82 Å². The third kappa shape index (κ3) is 3.89. The fourth-order valence-electron chi connectivity index (χ4n) is 1.26. The Kier molecular flexibility index (Phi) is 4.34. The Bertz CT molecular complexity index is 349. The molecule has 1 rings (SSSR count). The van der Waals surface area contributed by atoms with Crippen molar-refractivity contribution in [1.82, 2.24) is 4.98 Å². The van der Waals surface area contributed by atoms with Gasteiger partial charge in [-0.25, -0.2) is 4.98 Å². The lowest BCUT2D eigenvalue weighted by atomic mass is 10.1. The largest absolute Gasteiger partial charge is 0.417 e. The van der Waals surface area contributed by atoms with Gasteiger partial charge in [0, 0.05) is 6.20 Å². The summed E-state index contributed by atoms with van der Waals surface area (Å²) in [5.41, 5.74) is -0.784. The van der Waals surface area contributed by atoms with Crippen LogP contribution in [0.15, 0.2) is 18.3 Å². The second-order valence-electron chi connectivity index (χ2n) is 4.11. The van der Waals surface area contributed by atoms with Crippen LogP contribution in [0.25, 0.3) is 0 Å². The molecule has 1 aromatic rings. The van der Waals surface area contributed by atoms with Crippen LogP contribution in [0.4, 0.5) is 19.0 Å². The maximum Gasteiger partial charge on any atom is 0.417 e. The summed E-state index contributed by atoms with van der Waals surface area (Å²) in [5, 5.41) is 11.9. The molecule has 0 amide bonds. The van der Waals surface area contributed by atoms with Crippen LogP contribution >= 0.6 is 0 Å². The Morgan fingerprint density at radius 3 is 2.35 bits per heavy atom. The van der Waals surface area contributed by atoms with E-state index in [9.17, 15) is 13.2 Å². The van der Waals surface area contributed by atoms with Crippen LogP contribution in [-0.2, 0) is 6.18 Å². The fraction of sp³-hybridized carbons (Fsp3) is 0.545. The number of pyridine rings is 1. The first-order valence-electron chi connectivity index (χ1n) is 5.25. The minimum absolute atomic E-state index is 0.0969. The molecule has 0 saturated heterocycles. The number of aromatic nitrogens is 1. The molecule has 6 heteroatoms. The number of aliphatic hydroxyl groups is 1. The predicted molar refractivity (Wildman–Crippen MR) is 58.6 cm³/mol. The quantitative estimate of drug-likeness (QED) is 0.860. The van der Waals surface area contributed by atoms with Crippen molar-refractivity contribution in [2.45, 2.75) is 26.1 Å². The smallest absolute Gasteiger partial charge is 0.394 e. The molecule has 3 nitrogen and oxygen atoms in total. The Balaban J connectivity index is 2.75. The van der Waals surface area contributed by atoms with E-state index in [2.05, 4.69) is 10.3 Å². The molecular formula is C11H15F3N2O. The highest BCUT2D eigenvalue weighted by atomic mass is 19.4. The van der Waals surface area contributed by atoms with E-state index < -0.39 is 11.7 Å². The van der Waals surface area contributed by atoms with Gasteiger partial charge in [-0.1, -0.05) is 13.8 Å². The minimum Gasteiger partial charge on any atom is -0.394 e. The average molecular weight is 248 g/mol. The molecule has 0 aliphatic carbocycles. The molecule has 0 saturated carbocycles. The van der Waals surface area contributed by atoms with Crippen molar-refractivity contribution in [2.75, 3.05) is 11.9 Å². The Labute approximate surface area is 97.7 Å². The van der Waals surface area contributed by atoms with Gasteiger partial charge in [0.25, 0.3) is 0 Å². The molecule has 1 heterocycles.